The highest BCUT2D eigenvalue weighted by Gasteiger charge is 2.14. The molecule has 0 radical (unpaired) electrons. The molecule has 24 heavy (non-hydrogen) atoms. The van der Waals surface area contributed by atoms with Crippen molar-refractivity contribution in [1.82, 2.24) is 9.55 Å². The highest BCUT2D eigenvalue weighted by Crippen LogP contribution is 2.20. The van der Waals surface area contributed by atoms with E-state index in [0.717, 1.165) is 0 Å². The molecule has 0 aliphatic heterocycles. The molecule has 0 saturated carbocycles. The molecule has 1 aromatic carbocycles. The number of rotatable bonds is 4. The van der Waals surface area contributed by atoms with Gasteiger partial charge in [0.1, 0.15) is 5.82 Å². The van der Waals surface area contributed by atoms with Crippen LogP contribution in [0.5, 0.6) is 0 Å². The number of amides is 1. The zero-order valence-corrected chi connectivity index (χ0v) is 13.7. The molecule has 3 aromatic rings. The van der Waals surface area contributed by atoms with Crippen LogP contribution in [-0.4, -0.2) is 21.5 Å². The zero-order chi connectivity index (χ0) is 17.3. The van der Waals surface area contributed by atoms with Gasteiger partial charge in [0.15, 0.2) is 5.58 Å². The number of aryl methyl sites for hydroxylation is 1. The second-order valence-electron chi connectivity index (χ2n) is 5.76. The molecule has 7 heteroatoms. The maximum Gasteiger partial charge on any atom is 0.419 e. The molecule has 7 nitrogen and oxygen atoms in total. The lowest BCUT2D eigenvalue weighted by Crippen LogP contribution is -2.18. The van der Waals surface area contributed by atoms with Gasteiger partial charge in [0, 0.05) is 25.0 Å². The van der Waals surface area contributed by atoms with Crippen molar-refractivity contribution >= 4 is 28.5 Å². The Morgan fingerprint density at radius 3 is 2.83 bits per heavy atom. The van der Waals surface area contributed by atoms with E-state index in [2.05, 4.69) is 15.6 Å². The first-order valence-electron chi connectivity index (χ1n) is 7.58. The van der Waals surface area contributed by atoms with Crippen LogP contribution >= 0.6 is 0 Å². The molecule has 1 amide bonds. The fourth-order valence-corrected chi connectivity index (χ4v) is 2.38. The van der Waals surface area contributed by atoms with E-state index >= 15 is 0 Å². The fraction of sp³-hybridized carbons (Fsp3) is 0.235. The summed E-state index contributed by atoms with van der Waals surface area (Å²) in [6.07, 6.45) is 1.63. The van der Waals surface area contributed by atoms with E-state index in [9.17, 15) is 9.59 Å². The van der Waals surface area contributed by atoms with Crippen LogP contribution in [0.3, 0.4) is 0 Å². The lowest BCUT2D eigenvalue weighted by Gasteiger charge is -2.13. The minimum absolute atomic E-state index is 0.156. The maximum absolute atomic E-state index is 12.6. The van der Waals surface area contributed by atoms with Crippen molar-refractivity contribution in [3.63, 3.8) is 0 Å². The highest BCUT2D eigenvalue weighted by molar-refractivity contribution is 6.07. The number of carbonyl (C=O) groups excluding carboxylic acids is 1. The molecule has 124 valence electrons. The van der Waals surface area contributed by atoms with Gasteiger partial charge >= 0.3 is 5.76 Å². The van der Waals surface area contributed by atoms with Crippen molar-refractivity contribution in [1.29, 1.82) is 0 Å². The van der Waals surface area contributed by atoms with E-state index in [1.165, 1.54) is 4.57 Å². The van der Waals surface area contributed by atoms with Crippen molar-refractivity contribution in [2.75, 3.05) is 10.6 Å². The summed E-state index contributed by atoms with van der Waals surface area (Å²) in [6, 6.07) is 8.62. The van der Waals surface area contributed by atoms with Gasteiger partial charge in [-0.3, -0.25) is 9.36 Å². The van der Waals surface area contributed by atoms with E-state index in [0.29, 0.717) is 28.2 Å². The Morgan fingerprint density at radius 2 is 2.08 bits per heavy atom. The van der Waals surface area contributed by atoms with E-state index in [1.807, 2.05) is 13.8 Å². The number of pyridine rings is 1. The Morgan fingerprint density at radius 1 is 1.29 bits per heavy atom. The molecule has 2 aromatic heterocycles. The minimum atomic E-state index is -0.441. The first-order chi connectivity index (χ1) is 11.5. The number of hydrogen-bond acceptors (Lipinski definition) is 5. The van der Waals surface area contributed by atoms with Crippen molar-refractivity contribution in [2.24, 2.45) is 7.05 Å². The van der Waals surface area contributed by atoms with Crippen LogP contribution in [0.1, 0.15) is 24.2 Å². The summed E-state index contributed by atoms with van der Waals surface area (Å²) in [6.45, 7) is 3.95. The standard InChI is InChI=1S/C17H18N4O3/c1-10(2)19-15-12(5-4-8-18-15)16(22)20-11-6-7-14-13(9-11)21(3)17(23)24-14/h4-10H,1-3H3,(H,18,19)(H,20,22). The van der Waals surface area contributed by atoms with Crippen LogP contribution in [0.25, 0.3) is 11.1 Å². The summed E-state index contributed by atoms with van der Waals surface area (Å²) in [5, 5.41) is 5.97. The van der Waals surface area contributed by atoms with Gasteiger partial charge in [0.05, 0.1) is 11.1 Å². The number of oxazole rings is 1. The third kappa shape index (κ3) is 3.01. The lowest BCUT2D eigenvalue weighted by molar-refractivity contribution is 0.102. The summed E-state index contributed by atoms with van der Waals surface area (Å²) in [7, 11) is 1.62. The average Bonchev–Trinajstić information content (AvgIpc) is 2.82. The molecular weight excluding hydrogens is 308 g/mol. The molecule has 0 fully saturated rings. The number of fused-ring (bicyclic) bond motifs is 1. The molecule has 0 bridgehead atoms. The Hall–Kier alpha value is -3.09. The second kappa shape index (κ2) is 6.19. The fourth-order valence-electron chi connectivity index (χ4n) is 2.38. The Labute approximate surface area is 138 Å². The van der Waals surface area contributed by atoms with Gasteiger partial charge in [-0.1, -0.05) is 0 Å². The van der Waals surface area contributed by atoms with E-state index in [-0.39, 0.29) is 11.9 Å². The minimum Gasteiger partial charge on any atom is -0.408 e. The molecule has 0 spiro atoms. The lowest BCUT2D eigenvalue weighted by atomic mass is 10.2. The predicted octanol–water partition coefficient (Wildman–Crippen LogP) is 2.60. The quantitative estimate of drug-likeness (QED) is 0.769. The number of benzene rings is 1. The first kappa shape index (κ1) is 15.8. The van der Waals surface area contributed by atoms with Gasteiger partial charge in [0.2, 0.25) is 0 Å². The second-order valence-corrected chi connectivity index (χ2v) is 5.76. The first-order valence-corrected chi connectivity index (χ1v) is 7.58. The molecule has 0 aliphatic rings. The smallest absolute Gasteiger partial charge is 0.408 e. The number of carbonyl (C=O) groups is 1. The molecule has 0 aliphatic carbocycles. The number of nitrogens with zero attached hydrogens (tertiary/aromatic N) is 2. The van der Waals surface area contributed by atoms with Crippen LogP contribution in [0.2, 0.25) is 0 Å². The van der Waals surface area contributed by atoms with Gasteiger partial charge < -0.3 is 15.1 Å². The Bertz CT molecular complexity index is 956. The summed E-state index contributed by atoms with van der Waals surface area (Å²) in [4.78, 5) is 28.3. The summed E-state index contributed by atoms with van der Waals surface area (Å²) >= 11 is 0. The topological polar surface area (TPSA) is 89.2 Å². The Kier molecular flexibility index (Phi) is 4.07. The number of nitrogens with one attached hydrogen (secondary N) is 2. The van der Waals surface area contributed by atoms with Crippen LogP contribution in [0.15, 0.2) is 45.7 Å². The van der Waals surface area contributed by atoms with Crippen LogP contribution < -0.4 is 16.4 Å². The van der Waals surface area contributed by atoms with Gasteiger partial charge in [-0.2, -0.15) is 0 Å². The highest BCUT2D eigenvalue weighted by atomic mass is 16.4. The Balaban J connectivity index is 1.90. The largest absolute Gasteiger partial charge is 0.419 e. The van der Waals surface area contributed by atoms with Gasteiger partial charge in [-0.15, -0.1) is 0 Å². The number of hydrogen-bond donors (Lipinski definition) is 2. The molecule has 0 saturated heterocycles. The zero-order valence-electron chi connectivity index (χ0n) is 13.7. The molecular formula is C17H18N4O3. The molecule has 2 N–H and O–H groups in total. The SMILES string of the molecule is CC(C)Nc1ncccc1C(=O)Nc1ccc2oc(=O)n(C)c2c1. The molecule has 0 atom stereocenters. The summed E-state index contributed by atoms with van der Waals surface area (Å²) < 4.78 is 6.47. The third-order valence-electron chi connectivity index (χ3n) is 3.53. The van der Waals surface area contributed by atoms with Crippen molar-refractivity contribution in [3.8, 4) is 0 Å². The van der Waals surface area contributed by atoms with Gasteiger partial charge in [0.25, 0.3) is 5.91 Å². The third-order valence-corrected chi connectivity index (χ3v) is 3.53. The number of anilines is 2. The van der Waals surface area contributed by atoms with Gasteiger partial charge in [-0.05, 0) is 44.2 Å². The monoisotopic (exact) mass is 326 g/mol. The van der Waals surface area contributed by atoms with Crippen molar-refractivity contribution < 1.29 is 9.21 Å². The summed E-state index contributed by atoms with van der Waals surface area (Å²) in [5.41, 5.74) is 2.11. The average molecular weight is 326 g/mol. The molecule has 3 rings (SSSR count). The number of aromatic nitrogens is 2. The molecule has 2 heterocycles. The van der Waals surface area contributed by atoms with Gasteiger partial charge in [-0.25, -0.2) is 9.78 Å². The van der Waals surface area contributed by atoms with Crippen LogP contribution in [0, 0.1) is 0 Å². The van der Waals surface area contributed by atoms with E-state index < -0.39 is 5.76 Å². The van der Waals surface area contributed by atoms with E-state index in [4.69, 9.17) is 4.42 Å². The molecule has 0 unspecified atom stereocenters. The normalized spacial score (nSPS) is 11.0. The van der Waals surface area contributed by atoms with Crippen LogP contribution in [-0.2, 0) is 7.05 Å². The van der Waals surface area contributed by atoms with Crippen molar-refractivity contribution in [2.45, 2.75) is 19.9 Å². The van der Waals surface area contributed by atoms with E-state index in [1.54, 1.807) is 43.6 Å². The predicted molar refractivity (Wildman–Crippen MR) is 92.4 cm³/mol. The van der Waals surface area contributed by atoms with Crippen LogP contribution in [0.4, 0.5) is 11.5 Å². The van der Waals surface area contributed by atoms with Crippen molar-refractivity contribution in [3.05, 3.63) is 52.6 Å². The maximum atomic E-state index is 12.6. The summed E-state index contributed by atoms with van der Waals surface area (Å²) in [5.74, 6) is -0.190.